The highest BCUT2D eigenvalue weighted by molar-refractivity contribution is 6.30. The molecule has 5 nitrogen and oxygen atoms in total. The predicted octanol–water partition coefficient (Wildman–Crippen LogP) is 5.35. The van der Waals surface area contributed by atoms with Crippen molar-refractivity contribution in [1.82, 2.24) is 20.0 Å². The maximum absolute atomic E-state index is 13.3. The Hall–Kier alpha value is -2.97. The molecule has 0 saturated heterocycles. The number of nitrogens with zero attached hydrogens (tertiary/aromatic N) is 4. The zero-order valence-electron chi connectivity index (χ0n) is 16.4. The summed E-state index contributed by atoms with van der Waals surface area (Å²) in [7, 11) is 0. The molecule has 0 radical (unpaired) electrons. The maximum Gasteiger partial charge on any atom is 0.423 e. The zero-order chi connectivity index (χ0) is 22.2. The van der Waals surface area contributed by atoms with Crippen molar-refractivity contribution in [1.29, 1.82) is 0 Å². The van der Waals surface area contributed by atoms with E-state index in [4.69, 9.17) is 11.6 Å². The largest absolute Gasteiger partial charge is 0.423 e. The molecule has 2 aromatic carbocycles. The highest BCUT2D eigenvalue weighted by atomic mass is 35.5. The predicted molar refractivity (Wildman–Crippen MR) is 112 cm³/mol. The number of hydrogen-bond acceptors (Lipinski definition) is 4. The van der Waals surface area contributed by atoms with Gasteiger partial charge in [0.2, 0.25) is 5.60 Å². The summed E-state index contributed by atoms with van der Waals surface area (Å²) in [6, 6.07) is 15.0. The van der Waals surface area contributed by atoms with Crippen LogP contribution in [0.3, 0.4) is 0 Å². The molecule has 0 amide bonds. The number of benzene rings is 2. The number of rotatable bonds is 5. The fourth-order valence-electron chi connectivity index (χ4n) is 3.45. The smallest absolute Gasteiger partial charge is 0.375 e. The Labute approximate surface area is 181 Å². The van der Waals surface area contributed by atoms with E-state index < -0.39 is 23.9 Å². The monoisotopic (exact) mass is 446 g/mol. The minimum atomic E-state index is -4.84. The first kappa shape index (κ1) is 21.3. The van der Waals surface area contributed by atoms with Crippen LogP contribution in [0.4, 0.5) is 13.2 Å². The summed E-state index contributed by atoms with van der Waals surface area (Å²) in [5, 5.41) is 19.0. The molecule has 9 heteroatoms. The number of aliphatic hydroxyl groups is 1. The van der Waals surface area contributed by atoms with Crippen molar-refractivity contribution in [3.63, 3.8) is 0 Å². The van der Waals surface area contributed by atoms with Gasteiger partial charge in [0.1, 0.15) is 5.69 Å². The average molecular weight is 447 g/mol. The molecule has 160 valence electrons. The Bertz CT molecular complexity index is 1220. The van der Waals surface area contributed by atoms with E-state index in [1.807, 2.05) is 48.5 Å². The Kier molecular flexibility index (Phi) is 5.45. The molecule has 4 aromatic rings. The lowest BCUT2D eigenvalue weighted by Crippen LogP contribution is -2.42. The Morgan fingerprint density at radius 2 is 1.81 bits per heavy atom. The normalized spacial score (nSPS) is 14.0. The van der Waals surface area contributed by atoms with E-state index in [0.717, 1.165) is 33.8 Å². The van der Waals surface area contributed by atoms with Crippen molar-refractivity contribution in [2.45, 2.75) is 31.7 Å². The second kappa shape index (κ2) is 7.94. The molecule has 2 heterocycles. The molecule has 0 saturated carbocycles. The van der Waals surface area contributed by atoms with Gasteiger partial charge >= 0.3 is 6.18 Å². The van der Waals surface area contributed by atoms with E-state index in [2.05, 4.69) is 15.3 Å². The fourth-order valence-corrected chi connectivity index (χ4v) is 3.58. The number of halogens is 4. The highest BCUT2D eigenvalue weighted by Crippen LogP contribution is 2.40. The van der Waals surface area contributed by atoms with E-state index in [9.17, 15) is 18.3 Å². The van der Waals surface area contributed by atoms with Crippen LogP contribution in [0, 0.1) is 0 Å². The zero-order valence-corrected chi connectivity index (χ0v) is 17.2. The second-order valence-electron chi connectivity index (χ2n) is 7.23. The lowest BCUT2D eigenvalue weighted by atomic mass is 9.96. The van der Waals surface area contributed by atoms with Gasteiger partial charge in [0.05, 0.1) is 18.3 Å². The third-order valence-electron chi connectivity index (χ3n) is 5.25. The maximum atomic E-state index is 13.3. The third kappa shape index (κ3) is 4.00. The minimum absolute atomic E-state index is 0.188. The van der Waals surface area contributed by atoms with Crippen LogP contribution in [0.15, 0.2) is 60.9 Å². The molecule has 4 rings (SSSR count). The molecule has 0 spiro atoms. The number of hydrogen-bond donors (Lipinski definition) is 1. The molecule has 0 fully saturated rings. The van der Waals surface area contributed by atoms with Gasteiger partial charge in [-0.1, -0.05) is 48.0 Å². The Balaban J connectivity index is 1.64. The van der Waals surface area contributed by atoms with Crippen LogP contribution in [0.25, 0.3) is 22.0 Å². The first-order valence-electron chi connectivity index (χ1n) is 9.54. The van der Waals surface area contributed by atoms with E-state index >= 15 is 0 Å². The van der Waals surface area contributed by atoms with Crippen LogP contribution in [0.1, 0.15) is 24.6 Å². The van der Waals surface area contributed by atoms with Crippen molar-refractivity contribution < 1.29 is 18.3 Å². The van der Waals surface area contributed by atoms with E-state index in [-0.39, 0.29) is 6.54 Å². The summed E-state index contributed by atoms with van der Waals surface area (Å²) in [5.41, 5.74) is -0.0244. The Morgan fingerprint density at radius 1 is 1.06 bits per heavy atom. The van der Waals surface area contributed by atoms with Crippen LogP contribution in [-0.4, -0.2) is 31.3 Å². The summed E-state index contributed by atoms with van der Waals surface area (Å²) >= 11 is 5.98. The van der Waals surface area contributed by atoms with Crippen molar-refractivity contribution >= 4 is 22.5 Å². The SMILES string of the molecule is CCC(O)(c1cn(Cc2ccc3c(-c4ccc(Cl)cc4)ccnc3c2)nn1)C(F)(F)F. The summed E-state index contributed by atoms with van der Waals surface area (Å²) in [6.07, 6.45) is -2.57. The molecule has 0 aliphatic rings. The molecule has 0 bridgehead atoms. The van der Waals surface area contributed by atoms with Crippen LogP contribution in [0.5, 0.6) is 0 Å². The lowest BCUT2D eigenvalue weighted by Gasteiger charge is -2.26. The van der Waals surface area contributed by atoms with Crippen LogP contribution in [-0.2, 0) is 12.1 Å². The van der Waals surface area contributed by atoms with Gasteiger partial charge < -0.3 is 5.11 Å². The van der Waals surface area contributed by atoms with Crippen LogP contribution >= 0.6 is 11.6 Å². The Morgan fingerprint density at radius 3 is 2.48 bits per heavy atom. The summed E-state index contributed by atoms with van der Waals surface area (Å²) in [4.78, 5) is 4.42. The third-order valence-corrected chi connectivity index (χ3v) is 5.50. The summed E-state index contributed by atoms with van der Waals surface area (Å²) < 4.78 is 41.0. The second-order valence-corrected chi connectivity index (χ2v) is 7.67. The van der Waals surface area contributed by atoms with Gasteiger partial charge in [-0.3, -0.25) is 4.98 Å². The van der Waals surface area contributed by atoms with Crippen LogP contribution in [0.2, 0.25) is 5.02 Å². The van der Waals surface area contributed by atoms with Gasteiger partial charge in [0.15, 0.2) is 0 Å². The average Bonchev–Trinajstić information content (AvgIpc) is 3.21. The molecule has 2 aromatic heterocycles. The topological polar surface area (TPSA) is 63.8 Å². The first-order valence-corrected chi connectivity index (χ1v) is 9.92. The quantitative estimate of drug-likeness (QED) is 0.448. The van der Waals surface area contributed by atoms with Crippen molar-refractivity contribution in [3.8, 4) is 11.1 Å². The highest BCUT2D eigenvalue weighted by Gasteiger charge is 2.55. The molecule has 1 N–H and O–H groups in total. The van der Waals surface area contributed by atoms with Crippen LogP contribution < -0.4 is 0 Å². The van der Waals surface area contributed by atoms with Gasteiger partial charge in [-0.05, 0) is 47.4 Å². The lowest BCUT2D eigenvalue weighted by molar-refractivity contribution is -0.269. The van der Waals surface area contributed by atoms with Crippen molar-refractivity contribution in [3.05, 3.63) is 77.2 Å². The van der Waals surface area contributed by atoms with E-state index in [0.29, 0.717) is 5.02 Å². The summed E-state index contributed by atoms with van der Waals surface area (Å²) in [6.45, 7) is 1.44. The fraction of sp³-hybridized carbons (Fsp3) is 0.227. The van der Waals surface area contributed by atoms with Gasteiger partial charge in [0.25, 0.3) is 0 Å². The molecular weight excluding hydrogens is 429 g/mol. The molecule has 1 unspecified atom stereocenters. The number of aromatic nitrogens is 4. The molecular formula is C22H18ClF3N4O. The number of fused-ring (bicyclic) bond motifs is 1. The standard InChI is InChI=1S/C22H18ClF3N4O/c1-2-21(31,22(24,25)26)20-13-30(29-28-20)12-14-3-8-18-17(9-10-27-19(18)11-14)15-4-6-16(23)7-5-15/h3-11,13,31H,2,12H2,1H3. The number of alkyl halides is 3. The van der Waals surface area contributed by atoms with Gasteiger partial charge in [0, 0.05) is 16.6 Å². The molecule has 0 aliphatic carbocycles. The van der Waals surface area contributed by atoms with E-state index in [1.165, 1.54) is 11.6 Å². The summed E-state index contributed by atoms with van der Waals surface area (Å²) in [5.74, 6) is 0. The molecule has 0 aliphatic heterocycles. The number of pyridine rings is 1. The van der Waals surface area contributed by atoms with Gasteiger partial charge in [-0.25, -0.2) is 4.68 Å². The van der Waals surface area contributed by atoms with Crippen molar-refractivity contribution in [2.75, 3.05) is 0 Å². The van der Waals surface area contributed by atoms with Gasteiger partial charge in [-0.2, -0.15) is 13.2 Å². The van der Waals surface area contributed by atoms with E-state index in [1.54, 1.807) is 6.20 Å². The molecule has 31 heavy (non-hydrogen) atoms. The first-order chi connectivity index (χ1) is 14.7. The van der Waals surface area contributed by atoms with Crippen molar-refractivity contribution in [2.24, 2.45) is 0 Å². The van der Waals surface area contributed by atoms with Gasteiger partial charge in [-0.15, -0.1) is 5.10 Å². The molecule has 1 atom stereocenters. The minimum Gasteiger partial charge on any atom is -0.375 e.